The van der Waals surface area contributed by atoms with Gasteiger partial charge in [0.05, 0.1) is 11.9 Å². The van der Waals surface area contributed by atoms with Crippen molar-refractivity contribution in [2.24, 2.45) is 0 Å². The first kappa shape index (κ1) is 11.5. The summed E-state index contributed by atoms with van der Waals surface area (Å²) in [6, 6.07) is 10.8. The van der Waals surface area contributed by atoms with Crippen LogP contribution in [-0.4, -0.2) is 11.5 Å². The average molecular weight is 259 g/mol. The van der Waals surface area contributed by atoms with Crippen molar-refractivity contribution in [1.82, 2.24) is 4.98 Å². The number of hydrogen-bond donors (Lipinski definition) is 0. The van der Waals surface area contributed by atoms with E-state index in [2.05, 4.69) is 40.2 Å². The molecule has 0 amide bonds. The van der Waals surface area contributed by atoms with Gasteiger partial charge < -0.3 is 4.90 Å². The third-order valence-electron chi connectivity index (χ3n) is 3.50. The van der Waals surface area contributed by atoms with E-state index in [0.29, 0.717) is 5.15 Å². The molecule has 0 radical (unpaired) electrons. The molecule has 0 aliphatic carbocycles. The van der Waals surface area contributed by atoms with E-state index in [-0.39, 0.29) is 0 Å². The summed E-state index contributed by atoms with van der Waals surface area (Å²) in [4.78, 5) is 6.59. The summed E-state index contributed by atoms with van der Waals surface area (Å²) in [5.74, 6) is 0. The van der Waals surface area contributed by atoms with Crippen LogP contribution in [0.1, 0.15) is 16.7 Å². The molecule has 92 valence electrons. The highest BCUT2D eigenvalue weighted by Crippen LogP contribution is 2.26. The Morgan fingerprint density at radius 1 is 1.22 bits per heavy atom. The summed E-state index contributed by atoms with van der Waals surface area (Å²) < 4.78 is 0. The van der Waals surface area contributed by atoms with Crippen molar-refractivity contribution < 1.29 is 0 Å². The second-order valence-corrected chi connectivity index (χ2v) is 5.10. The molecule has 2 heterocycles. The molecule has 1 aliphatic rings. The highest BCUT2D eigenvalue weighted by Gasteiger charge is 2.16. The smallest absolute Gasteiger partial charge is 0.132 e. The van der Waals surface area contributed by atoms with Crippen molar-refractivity contribution in [3.05, 3.63) is 58.4 Å². The van der Waals surface area contributed by atoms with Crippen molar-refractivity contribution in [2.75, 3.05) is 11.4 Å². The summed E-state index contributed by atoms with van der Waals surface area (Å²) in [6.07, 6.45) is 2.96. The van der Waals surface area contributed by atoms with Gasteiger partial charge in [0.2, 0.25) is 0 Å². The van der Waals surface area contributed by atoms with Crippen LogP contribution in [0.2, 0.25) is 5.15 Å². The molecule has 2 nitrogen and oxygen atoms in total. The number of rotatable bonds is 1. The Labute approximate surface area is 112 Å². The number of aryl methyl sites for hydroxylation is 1. The van der Waals surface area contributed by atoms with Crippen LogP contribution < -0.4 is 4.90 Å². The summed E-state index contributed by atoms with van der Waals surface area (Å²) in [6.45, 7) is 4.00. The molecular formula is C15H15ClN2. The number of benzene rings is 1. The number of halogens is 1. The lowest BCUT2D eigenvalue weighted by Crippen LogP contribution is -2.30. The van der Waals surface area contributed by atoms with E-state index in [4.69, 9.17) is 11.6 Å². The molecule has 0 N–H and O–H groups in total. The highest BCUT2D eigenvalue weighted by atomic mass is 35.5. The number of hydrogen-bond acceptors (Lipinski definition) is 2. The Kier molecular flexibility index (Phi) is 2.96. The van der Waals surface area contributed by atoms with Gasteiger partial charge in [-0.1, -0.05) is 35.9 Å². The van der Waals surface area contributed by atoms with Gasteiger partial charge >= 0.3 is 0 Å². The SMILES string of the molecule is Cc1cc(N2CCc3ccccc3C2)cnc1Cl. The maximum atomic E-state index is 5.97. The number of fused-ring (bicyclic) bond motifs is 1. The Bertz CT molecular complexity index is 580. The lowest BCUT2D eigenvalue weighted by molar-refractivity contribution is 0.730. The standard InChI is InChI=1S/C15H15ClN2/c1-11-8-14(9-17-15(11)16)18-7-6-12-4-2-3-5-13(12)10-18/h2-5,8-9H,6-7,10H2,1H3. The summed E-state index contributed by atoms with van der Waals surface area (Å²) in [5, 5.41) is 0.594. The van der Waals surface area contributed by atoms with Crippen LogP contribution in [0.4, 0.5) is 5.69 Å². The van der Waals surface area contributed by atoms with Gasteiger partial charge in [0.15, 0.2) is 0 Å². The quantitative estimate of drug-likeness (QED) is 0.727. The summed E-state index contributed by atoms with van der Waals surface area (Å²) in [5.41, 5.74) is 5.07. The van der Waals surface area contributed by atoms with Gasteiger partial charge in [-0.2, -0.15) is 0 Å². The normalized spacial score (nSPS) is 14.4. The minimum Gasteiger partial charge on any atom is -0.366 e. The van der Waals surface area contributed by atoms with Crippen molar-refractivity contribution in [3.8, 4) is 0 Å². The third kappa shape index (κ3) is 2.08. The first-order chi connectivity index (χ1) is 8.74. The molecule has 2 aromatic rings. The third-order valence-corrected chi connectivity index (χ3v) is 3.89. The van der Waals surface area contributed by atoms with Crippen LogP contribution in [-0.2, 0) is 13.0 Å². The zero-order valence-corrected chi connectivity index (χ0v) is 11.1. The van der Waals surface area contributed by atoms with Crippen LogP contribution in [0.15, 0.2) is 36.5 Å². The van der Waals surface area contributed by atoms with E-state index < -0.39 is 0 Å². The molecule has 3 heteroatoms. The van der Waals surface area contributed by atoms with Gasteiger partial charge in [-0.3, -0.25) is 0 Å². The van der Waals surface area contributed by atoms with Crippen molar-refractivity contribution in [2.45, 2.75) is 19.9 Å². The summed E-state index contributed by atoms with van der Waals surface area (Å²) >= 11 is 5.97. The van der Waals surface area contributed by atoms with Crippen LogP contribution in [0, 0.1) is 6.92 Å². The van der Waals surface area contributed by atoms with Gasteiger partial charge in [0, 0.05) is 13.1 Å². The Balaban J connectivity index is 1.89. The Morgan fingerprint density at radius 2 is 2.00 bits per heavy atom. The minimum absolute atomic E-state index is 0.594. The largest absolute Gasteiger partial charge is 0.366 e. The van der Waals surface area contributed by atoms with Gasteiger partial charge in [0.25, 0.3) is 0 Å². The first-order valence-corrected chi connectivity index (χ1v) is 6.56. The zero-order valence-electron chi connectivity index (χ0n) is 10.4. The van der Waals surface area contributed by atoms with Crippen molar-refractivity contribution >= 4 is 17.3 Å². The molecule has 1 aliphatic heterocycles. The van der Waals surface area contributed by atoms with E-state index in [1.807, 2.05) is 13.1 Å². The van der Waals surface area contributed by atoms with Crippen LogP contribution in [0.25, 0.3) is 0 Å². The average Bonchev–Trinajstić information content (AvgIpc) is 2.41. The maximum absolute atomic E-state index is 5.97. The fourth-order valence-electron chi connectivity index (χ4n) is 2.43. The molecule has 0 atom stereocenters. The second kappa shape index (κ2) is 4.62. The molecular weight excluding hydrogens is 244 g/mol. The fraction of sp³-hybridized carbons (Fsp3) is 0.267. The molecule has 3 rings (SSSR count). The number of aromatic nitrogens is 1. The van der Waals surface area contributed by atoms with E-state index in [0.717, 1.165) is 30.8 Å². The predicted molar refractivity (Wildman–Crippen MR) is 75.2 cm³/mol. The molecule has 1 aromatic heterocycles. The molecule has 0 unspecified atom stereocenters. The molecule has 1 aromatic carbocycles. The number of nitrogens with zero attached hydrogens (tertiary/aromatic N) is 2. The number of pyridine rings is 1. The zero-order chi connectivity index (χ0) is 12.5. The van der Waals surface area contributed by atoms with Gasteiger partial charge in [-0.25, -0.2) is 4.98 Å². The Morgan fingerprint density at radius 3 is 2.78 bits per heavy atom. The molecule has 0 saturated heterocycles. The lowest BCUT2D eigenvalue weighted by atomic mass is 9.99. The van der Waals surface area contributed by atoms with E-state index >= 15 is 0 Å². The molecule has 0 fully saturated rings. The van der Waals surface area contributed by atoms with E-state index in [1.54, 1.807) is 0 Å². The van der Waals surface area contributed by atoms with E-state index in [9.17, 15) is 0 Å². The Hall–Kier alpha value is -1.54. The fourth-order valence-corrected chi connectivity index (χ4v) is 2.54. The molecule has 18 heavy (non-hydrogen) atoms. The topological polar surface area (TPSA) is 16.1 Å². The lowest BCUT2D eigenvalue weighted by Gasteiger charge is -2.30. The summed E-state index contributed by atoms with van der Waals surface area (Å²) in [7, 11) is 0. The first-order valence-electron chi connectivity index (χ1n) is 6.18. The van der Waals surface area contributed by atoms with Gasteiger partial charge in [-0.15, -0.1) is 0 Å². The van der Waals surface area contributed by atoms with Gasteiger partial charge in [0.1, 0.15) is 5.15 Å². The molecule has 0 bridgehead atoms. The predicted octanol–water partition coefficient (Wildman–Crippen LogP) is 3.61. The monoisotopic (exact) mass is 258 g/mol. The van der Waals surface area contributed by atoms with Crippen LogP contribution in [0.3, 0.4) is 0 Å². The maximum Gasteiger partial charge on any atom is 0.132 e. The molecule has 0 spiro atoms. The highest BCUT2D eigenvalue weighted by molar-refractivity contribution is 6.30. The van der Waals surface area contributed by atoms with Gasteiger partial charge in [-0.05, 0) is 36.1 Å². The van der Waals surface area contributed by atoms with Crippen LogP contribution in [0.5, 0.6) is 0 Å². The number of anilines is 1. The van der Waals surface area contributed by atoms with Crippen molar-refractivity contribution in [3.63, 3.8) is 0 Å². The van der Waals surface area contributed by atoms with Crippen LogP contribution >= 0.6 is 11.6 Å². The van der Waals surface area contributed by atoms with Crippen molar-refractivity contribution in [1.29, 1.82) is 0 Å². The molecule has 0 saturated carbocycles. The van der Waals surface area contributed by atoms with E-state index in [1.165, 1.54) is 11.1 Å². The second-order valence-electron chi connectivity index (χ2n) is 4.74. The minimum atomic E-state index is 0.594.